The molecule has 0 amide bonds. The van der Waals surface area contributed by atoms with Gasteiger partial charge in [0.25, 0.3) is 10.1 Å². The molecule has 0 atom stereocenters. The minimum atomic E-state index is -3.75. The molecule has 0 saturated heterocycles. The predicted octanol–water partition coefficient (Wildman–Crippen LogP) is 1.06. The van der Waals surface area contributed by atoms with E-state index >= 15 is 0 Å². The molecule has 0 fully saturated rings. The van der Waals surface area contributed by atoms with Crippen LogP contribution in [-0.2, 0) is 10.1 Å². The van der Waals surface area contributed by atoms with Crippen LogP contribution >= 0.6 is 0 Å². The third-order valence-electron chi connectivity index (χ3n) is 1.01. The highest BCUT2D eigenvalue weighted by molar-refractivity contribution is 7.85. The van der Waals surface area contributed by atoms with E-state index in [-0.39, 0.29) is 5.75 Å². The fourth-order valence-electron chi connectivity index (χ4n) is 0.563. The van der Waals surface area contributed by atoms with Crippen molar-refractivity contribution in [1.82, 2.24) is 4.90 Å². The van der Waals surface area contributed by atoms with Gasteiger partial charge in [0.2, 0.25) is 0 Å². The summed E-state index contributed by atoms with van der Waals surface area (Å²) in [6, 6.07) is 0. The molecule has 0 aromatic carbocycles. The molecule has 0 spiro atoms. The molecule has 13 heavy (non-hydrogen) atoms. The Morgan fingerprint density at radius 3 is 2.00 bits per heavy atom. The number of hydrogen-bond donors (Lipinski definition) is 1. The largest absolute Gasteiger partial charge is 0.309 e. The molecule has 0 rings (SSSR count). The van der Waals surface area contributed by atoms with E-state index < -0.39 is 10.1 Å². The van der Waals surface area contributed by atoms with Gasteiger partial charge >= 0.3 is 0 Å². The highest BCUT2D eigenvalue weighted by Crippen LogP contribution is 1.88. The Kier molecular flexibility index (Phi) is 10.00. The molecule has 81 valence electrons. The minimum absolute atomic E-state index is 0.148. The average molecular weight is 210 g/mol. The van der Waals surface area contributed by atoms with Crippen molar-refractivity contribution >= 4 is 10.1 Å². The summed E-state index contributed by atoms with van der Waals surface area (Å²) < 4.78 is 28.6. The van der Waals surface area contributed by atoms with Crippen LogP contribution in [0, 0.1) is 6.92 Å². The minimum Gasteiger partial charge on any atom is -0.309 e. The first kappa shape index (κ1) is 15.3. The number of nitrogens with zero attached hydrogens (tertiary/aromatic N) is 1. The zero-order chi connectivity index (χ0) is 10.9. The van der Waals surface area contributed by atoms with E-state index in [0.29, 0.717) is 13.0 Å². The van der Waals surface area contributed by atoms with Crippen molar-refractivity contribution in [3.05, 3.63) is 6.92 Å². The molecule has 0 aliphatic carbocycles. The van der Waals surface area contributed by atoms with Crippen LogP contribution in [0.5, 0.6) is 0 Å². The molecule has 1 N–H and O–H groups in total. The van der Waals surface area contributed by atoms with E-state index in [1.54, 1.807) is 0 Å². The first-order valence-corrected chi connectivity index (χ1v) is 5.83. The molecule has 1 radical (unpaired) electrons. The quantitative estimate of drug-likeness (QED) is 0.705. The van der Waals surface area contributed by atoms with Gasteiger partial charge in [0.05, 0.1) is 5.75 Å². The van der Waals surface area contributed by atoms with Crippen LogP contribution < -0.4 is 0 Å². The van der Waals surface area contributed by atoms with Crippen molar-refractivity contribution < 1.29 is 13.0 Å². The Morgan fingerprint density at radius 2 is 1.77 bits per heavy atom. The van der Waals surface area contributed by atoms with Crippen molar-refractivity contribution in [2.24, 2.45) is 0 Å². The van der Waals surface area contributed by atoms with Crippen LogP contribution in [0.4, 0.5) is 0 Å². The second-order valence-electron chi connectivity index (χ2n) is 2.94. The Balaban J connectivity index is 0. The zero-order valence-corrected chi connectivity index (χ0v) is 9.47. The van der Waals surface area contributed by atoms with Crippen molar-refractivity contribution in [1.29, 1.82) is 0 Å². The maximum Gasteiger partial charge on any atom is 0.264 e. The Labute approximate surface area is 81.7 Å². The summed E-state index contributed by atoms with van der Waals surface area (Å²) in [6.07, 6.45) is 1.48. The second-order valence-corrected chi connectivity index (χ2v) is 4.51. The predicted molar refractivity (Wildman–Crippen MR) is 55.2 cm³/mol. The molecule has 0 unspecified atom stereocenters. The van der Waals surface area contributed by atoms with Gasteiger partial charge in [0, 0.05) is 0 Å². The molecular weight excluding hydrogens is 190 g/mol. The molecule has 0 aromatic rings. The maximum atomic E-state index is 10.1. The van der Waals surface area contributed by atoms with Gasteiger partial charge in [0.15, 0.2) is 0 Å². The lowest BCUT2D eigenvalue weighted by Gasteiger charge is -2.06. The summed E-state index contributed by atoms with van der Waals surface area (Å²) in [5, 5.41) is 0. The normalized spacial score (nSPS) is 10.9. The fourth-order valence-corrected chi connectivity index (χ4v) is 1.06. The second kappa shape index (κ2) is 8.47. The van der Waals surface area contributed by atoms with Gasteiger partial charge in [0.1, 0.15) is 0 Å². The van der Waals surface area contributed by atoms with Crippen LogP contribution in [-0.4, -0.2) is 44.3 Å². The van der Waals surface area contributed by atoms with Crippen molar-refractivity contribution in [3.63, 3.8) is 0 Å². The third-order valence-corrected chi connectivity index (χ3v) is 1.81. The molecular formula is C8H20NO3S. The van der Waals surface area contributed by atoms with E-state index in [2.05, 4.69) is 6.92 Å². The van der Waals surface area contributed by atoms with Crippen molar-refractivity contribution in [2.45, 2.75) is 19.8 Å². The molecule has 0 aromatic heterocycles. The van der Waals surface area contributed by atoms with Gasteiger partial charge in [-0.2, -0.15) is 8.42 Å². The van der Waals surface area contributed by atoms with Gasteiger partial charge in [-0.1, -0.05) is 20.3 Å². The molecule has 0 heterocycles. The van der Waals surface area contributed by atoms with Crippen LogP contribution in [0.1, 0.15) is 19.8 Å². The SMILES string of the molecule is CN(C)CCCS(=O)(=O)O.[CH2]CC. The van der Waals surface area contributed by atoms with E-state index in [1.807, 2.05) is 25.9 Å². The number of rotatable bonds is 4. The maximum absolute atomic E-state index is 10.1. The standard InChI is InChI=1S/C5H13NO3S.C3H7/c1-6(2)4-3-5-10(7,8)9;1-3-2/h3-5H2,1-2H3,(H,7,8,9);1,3H2,2H3. The first-order valence-electron chi connectivity index (χ1n) is 4.22. The Bertz CT molecular complexity index is 188. The van der Waals surface area contributed by atoms with Gasteiger partial charge in [-0.15, -0.1) is 0 Å². The summed E-state index contributed by atoms with van der Waals surface area (Å²) >= 11 is 0. The lowest BCUT2D eigenvalue weighted by Crippen LogP contribution is -2.16. The molecule has 0 aliphatic rings. The van der Waals surface area contributed by atoms with E-state index in [1.165, 1.54) is 0 Å². The average Bonchev–Trinajstić information content (AvgIpc) is 1.84. The summed E-state index contributed by atoms with van der Waals surface area (Å²) in [4.78, 5) is 1.87. The van der Waals surface area contributed by atoms with Gasteiger partial charge in [-0.25, -0.2) is 0 Å². The van der Waals surface area contributed by atoms with Gasteiger partial charge in [-0.3, -0.25) is 4.55 Å². The lowest BCUT2D eigenvalue weighted by atomic mass is 10.5. The van der Waals surface area contributed by atoms with E-state index in [0.717, 1.165) is 6.42 Å². The monoisotopic (exact) mass is 210 g/mol. The summed E-state index contributed by atoms with van der Waals surface area (Å²) in [5.41, 5.74) is 0. The van der Waals surface area contributed by atoms with Crippen LogP contribution in [0.3, 0.4) is 0 Å². The van der Waals surface area contributed by atoms with Gasteiger partial charge in [-0.05, 0) is 27.1 Å². The third kappa shape index (κ3) is 24.5. The highest BCUT2D eigenvalue weighted by atomic mass is 32.2. The fraction of sp³-hybridized carbons (Fsp3) is 0.875. The molecule has 0 saturated carbocycles. The summed E-state index contributed by atoms with van der Waals surface area (Å²) in [5.74, 6) is -0.148. The molecule has 4 nitrogen and oxygen atoms in total. The zero-order valence-electron chi connectivity index (χ0n) is 8.65. The summed E-state index contributed by atoms with van der Waals surface area (Å²) in [7, 11) is -0.0441. The topological polar surface area (TPSA) is 57.6 Å². The molecule has 5 heteroatoms. The summed E-state index contributed by atoms with van der Waals surface area (Å²) in [6.45, 7) is 6.18. The number of hydrogen-bond acceptors (Lipinski definition) is 3. The van der Waals surface area contributed by atoms with Crippen molar-refractivity contribution in [2.75, 3.05) is 26.4 Å². The van der Waals surface area contributed by atoms with Gasteiger partial charge < -0.3 is 4.90 Å². The highest BCUT2D eigenvalue weighted by Gasteiger charge is 2.02. The van der Waals surface area contributed by atoms with E-state index in [4.69, 9.17) is 4.55 Å². The van der Waals surface area contributed by atoms with E-state index in [9.17, 15) is 8.42 Å². The molecule has 0 bridgehead atoms. The Hall–Kier alpha value is -0.130. The van der Waals surface area contributed by atoms with Crippen LogP contribution in [0.25, 0.3) is 0 Å². The smallest absolute Gasteiger partial charge is 0.264 e. The Morgan fingerprint density at radius 1 is 1.38 bits per heavy atom. The lowest BCUT2D eigenvalue weighted by molar-refractivity contribution is 0.404. The van der Waals surface area contributed by atoms with Crippen LogP contribution in [0.15, 0.2) is 0 Å². The first-order chi connectivity index (χ1) is 5.83. The molecule has 0 aliphatic heterocycles. The van der Waals surface area contributed by atoms with Crippen LogP contribution in [0.2, 0.25) is 0 Å². The van der Waals surface area contributed by atoms with Crippen molar-refractivity contribution in [3.8, 4) is 0 Å².